The number of esters is 1. The zero-order chi connectivity index (χ0) is 16.3. The average Bonchev–Trinajstić information content (AvgIpc) is 2.40. The van der Waals surface area contributed by atoms with Crippen molar-refractivity contribution in [2.45, 2.75) is 56.8 Å². The van der Waals surface area contributed by atoms with Gasteiger partial charge in [-0.2, -0.15) is 8.42 Å². The van der Waals surface area contributed by atoms with Crippen LogP contribution in [0.25, 0.3) is 0 Å². The number of carbonyl (C=O) groups is 1. The van der Waals surface area contributed by atoms with Gasteiger partial charge in [0.05, 0.1) is 12.7 Å². The molecule has 2 N–H and O–H groups in total. The normalized spacial score (nSPS) is 40.7. The van der Waals surface area contributed by atoms with Crippen LogP contribution < -0.4 is 0 Å². The number of rotatable bonds is 4. The minimum atomic E-state index is -4.50. The van der Waals surface area contributed by atoms with E-state index in [0.717, 1.165) is 46.0 Å². The quantitative estimate of drug-likeness (QED) is 0.596. The molecule has 4 bridgehead atoms. The molecule has 4 rings (SSSR count). The van der Waals surface area contributed by atoms with Crippen molar-refractivity contribution in [3.8, 4) is 0 Å². The lowest BCUT2D eigenvalue weighted by molar-refractivity contribution is -0.171. The highest BCUT2D eigenvalue weighted by molar-refractivity contribution is 7.88. The Balaban J connectivity index is 1.69. The van der Waals surface area contributed by atoms with Gasteiger partial charge in [0.2, 0.25) is 0 Å². The first-order chi connectivity index (χ1) is 10.0. The maximum Gasteiger partial charge on any atom is 0.329 e. The lowest BCUT2D eigenvalue weighted by Gasteiger charge is -2.58. The molecule has 2 atom stereocenters. The van der Waals surface area contributed by atoms with Gasteiger partial charge in [0.25, 0.3) is 10.1 Å². The van der Waals surface area contributed by atoms with Crippen LogP contribution in [-0.2, 0) is 19.6 Å². The third kappa shape index (κ3) is 2.47. The van der Waals surface area contributed by atoms with E-state index in [1.165, 1.54) is 0 Å². The number of aliphatic hydroxyl groups is 1. The predicted octanol–water partition coefficient (Wildman–Crippen LogP) is 1.38. The molecular weight excluding hydrogens is 308 g/mol. The second kappa shape index (κ2) is 4.92. The van der Waals surface area contributed by atoms with Crippen LogP contribution in [0.3, 0.4) is 0 Å². The highest BCUT2D eigenvalue weighted by atomic mass is 32.2. The molecule has 7 heteroatoms. The molecular formula is C15H24O6S. The van der Waals surface area contributed by atoms with Gasteiger partial charge in [-0.05, 0) is 63.7 Å². The van der Waals surface area contributed by atoms with E-state index in [1.807, 2.05) is 0 Å². The molecule has 4 saturated carbocycles. The highest BCUT2D eigenvalue weighted by Crippen LogP contribution is 2.60. The van der Waals surface area contributed by atoms with E-state index in [9.17, 15) is 18.3 Å². The van der Waals surface area contributed by atoms with E-state index in [0.29, 0.717) is 5.92 Å². The summed E-state index contributed by atoms with van der Waals surface area (Å²) in [6.45, 7) is 2.48. The summed E-state index contributed by atoms with van der Waals surface area (Å²) in [6, 6.07) is 0. The van der Waals surface area contributed by atoms with E-state index < -0.39 is 20.8 Å². The van der Waals surface area contributed by atoms with E-state index in [4.69, 9.17) is 9.29 Å². The van der Waals surface area contributed by atoms with Gasteiger partial charge in [-0.25, -0.2) is 0 Å². The Morgan fingerprint density at radius 2 is 1.77 bits per heavy atom. The Morgan fingerprint density at radius 3 is 2.27 bits per heavy atom. The zero-order valence-corrected chi connectivity index (χ0v) is 13.8. The van der Waals surface area contributed by atoms with Crippen LogP contribution in [0.1, 0.15) is 46.0 Å². The molecule has 6 nitrogen and oxygen atoms in total. The summed E-state index contributed by atoms with van der Waals surface area (Å²) in [5.74, 6) is 0.222. The summed E-state index contributed by atoms with van der Waals surface area (Å²) in [7, 11) is -4.50. The van der Waals surface area contributed by atoms with Crippen LogP contribution >= 0.6 is 0 Å². The molecule has 0 aromatic heterocycles. The van der Waals surface area contributed by atoms with E-state index in [1.54, 1.807) is 0 Å². The van der Waals surface area contributed by atoms with Gasteiger partial charge in [0.15, 0.2) is 4.75 Å². The zero-order valence-electron chi connectivity index (χ0n) is 13.0. The first kappa shape index (κ1) is 16.2. The first-order valence-corrected chi connectivity index (χ1v) is 9.30. The van der Waals surface area contributed by atoms with Crippen LogP contribution in [0.2, 0.25) is 0 Å². The third-order valence-electron chi connectivity index (χ3n) is 6.00. The van der Waals surface area contributed by atoms with Crippen molar-refractivity contribution in [2.24, 2.45) is 23.2 Å². The fraction of sp³-hybridized carbons (Fsp3) is 0.933. The van der Waals surface area contributed by atoms with Crippen LogP contribution in [0.4, 0.5) is 0 Å². The maximum absolute atomic E-state index is 12.1. The molecule has 0 amide bonds. The van der Waals surface area contributed by atoms with Crippen LogP contribution in [0.5, 0.6) is 0 Å². The summed E-state index contributed by atoms with van der Waals surface area (Å²) < 4.78 is 35.1. The van der Waals surface area contributed by atoms with Crippen molar-refractivity contribution in [1.29, 1.82) is 0 Å². The molecule has 2 unspecified atom stereocenters. The molecule has 22 heavy (non-hydrogen) atoms. The fourth-order valence-corrected chi connectivity index (χ4v) is 5.11. The largest absolute Gasteiger partial charge is 0.464 e. The second-order valence-electron chi connectivity index (χ2n) is 8.02. The number of hydrogen-bond donors (Lipinski definition) is 2. The Morgan fingerprint density at radius 1 is 1.23 bits per heavy atom. The van der Waals surface area contributed by atoms with Crippen LogP contribution in [0, 0.1) is 23.2 Å². The molecule has 0 radical (unpaired) electrons. The minimum absolute atomic E-state index is 0.124. The Kier molecular flexibility index (Phi) is 3.62. The molecule has 4 aliphatic carbocycles. The van der Waals surface area contributed by atoms with Gasteiger partial charge in [0, 0.05) is 5.41 Å². The van der Waals surface area contributed by atoms with E-state index in [-0.39, 0.29) is 30.0 Å². The van der Waals surface area contributed by atoms with Crippen molar-refractivity contribution in [3.05, 3.63) is 0 Å². The van der Waals surface area contributed by atoms with Crippen LogP contribution in [0.15, 0.2) is 0 Å². The van der Waals surface area contributed by atoms with Gasteiger partial charge in [-0.3, -0.25) is 9.35 Å². The van der Waals surface area contributed by atoms with E-state index in [2.05, 4.69) is 0 Å². The Labute approximate surface area is 131 Å². The number of ether oxygens (including phenoxy) is 1. The maximum atomic E-state index is 12.1. The Hall–Kier alpha value is -0.660. The molecule has 0 saturated heterocycles. The average molecular weight is 332 g/mol. The molecule has 4 fully saturated rings. The smallest absolute Gasteiger partial charge is 0.329 e. The summed E-state index contributed by atoms with van der Waals surface area (Å²) in [5, 5.41) is 10.2. The standard InChI is InChI=1S/C15H24O6S/c1-14(2,22(18,19)20)13(17)21-8-15-5-9-3-10(6-15)12(16)11(4-9)7-15/h9-12,16H,3-8H2,1-2H3,(H,18,19,20). The van der Waals surface area contributed by atoms with E-state index >= 15 is 0 Å². The molecule has 126 valence electrons. The van der Waals surface area contributed by atoms with Crippen molar-refractivity contribution in [3.63, 3.8) is 0 Å². The van der Waals surface area contributed by atoms with Crippen molar-refractivity contribution in [2.75, 3.05) is 6.61 Å². The predicted molar refractivity (Wildman–Crippen MR) is 78.6 cm³/mol. The number of aliphatic hydroxyl groups excluding tert-OH is 1. The summed E-state index contributed by atoms with van der Waals surface area (Å²) in [6.07, 6.45) is 4.50. The van der Waals surface area contributed by atoms with Gasteiger partial charge in [0.1, 0.15) is 0 Å². The van der Waals surface area contributed by atoms with Crippen molar-refractivity contribution < 1.29 is 27.6 Å². The van der Waals surface area contributed by atoms with Crippen molar-refractivity contribution >= 4 is 16.1 Å². The molecule has 0 aliphatic heterocycles. The number of carbonyl (C=O) groups excluding carboxylic acids is 1. The SMILES string of the molecule is CC(C)(C(=O)OCC12CC3CC(C1)C(O)C(C3)C2)S(=O)(=O)O. The van der Waals surface area contributed by atoms with Gasteiger partial charge >= 0.3 is 5.97 Å². The topological polar surface area (TPSA) is 101 Å². The molecule has 0 aromatic carbocycles. The monoisotopic (exact) mass is 332 g/mol. The Bertz CT molecular complexity index is 565. The molecule has 0 heterocycles. The van der Waals surface area contributed by atoms with Gasteiger partial charge in [-0.15, -0.1) is 0 Å². The van der Waals surface area contributed by atoms with Gasteiger partial charge in [-0.1, -0.05) is 0 Å². The summed E-state index contributed by atoms with van der Waals surface area (Å²) >= 11 is 0. The molecule has 0 spiro atoms. The third-order valence-corrected chi connectivity index (χ3v) is 7.45. The second-order valence-corrected chi connectivity index (χ2v) is 9.99. The lowest BCUT2D eigenvalue weighted by Crippen LogP contribution is -2.55. The number of hydrogen-bond acceptors (Lipinski definition) is 5. The summed E-state index contributed by atoms with van der Waals surface area (Å²) in [5.41, 5.74) is -0.124. The summed E-state index contributed by atoms with van der Waals surface area (Å²) in [4.78, 5) is 12.1. The van der Waals surface area contributed by atoms with Gasteiger partial charge < -0.3 is 9.84 Å². The highest BCUT2D eigenvalue weighted by Gasteiger charge is 2.56. The minimum Gasteiger partial charge on any atom is -0.464 e. The van der Waals surface area contributed by atoms with Crippen LogP contribution in [-0.4, -0.2) is 41.5 Å². The molecule has 4 aliphatic rings. The first-order valence-electron chi connectivity index (χ1n) is 7.86. The molecule has 0 aromatic rings. The fourth-order valence-electron chi connectivity index (χ4n) is 4.84. The lowest BCUT2D eigenvalue weighted by atomic mass is 9.49. The van der Waals surface area contributed by atoms with Crippen molar-refractivity contribution in [1.82, 2.24) is 0 Å².